The molecule has 0 saturated heterocycles. The van der Waals surface area contributed by atoms with E-state index in [1.54, 1.807) is 26.2 Å². The average Bonchev–Trinajstić information content (AvgIpc) is 3.35. The number of hydrogen-bond acceptors (Lipinski definition) is 6. The molecule has 0 bridgehead atoms. The minimum atomic E-state index is -3.99. The van der Waals surface area contributed by atoms with E-state index >= 15 is 0 Å². The first kappa shape index (κ1) is 29.2. The molecule has 1 amide bonds. The van der Waals surface area contributed by atoms with Crippen LogP contribution in [0.25, 0.3) is 28.2 Å². The third-order valence-electron chi connectivity index (χ3n) is 5.80. The first-order valence-electron chi connectivity index (χ1n) is 11.5. The molecule has 0 aliphatic rings. The number of rotatable bonds is 9. The van der Waals surface area contributed by atoms with Crippen LogP contribution in [0.5, 0.6) is 11.5 Å². The van der Waals surface area contributed by atoms with Crippen LogP contribution in [0.3, 0.4) is 0 Å². The van der Waals surface area contributed by atoms with Gasteiger partial charge in [0.05, 0.1) is 24.8 Å². The van der Waals surface area contributed by atoms with E-state index < -0.39 is 15.9 Å². The topological polar surface area (TPSA) is 115 Å². The fraction of sp³-hybridized carbons (Fsp3) is 0.143. The molecule has 0 saturated carbocycles. The summed E-state index contributed by atoms with van der Waals surface area (Å²) >= 11 is 0. The van der Waals surface area contributed by atoms with Crippen LogP contribution in [0, 0.1) is 0 Å². The predicted molar refractivity (Wildman–Crippen MR) is 148 cm³/mol. The molecule has 0 aliphatic carbocycles. The molecule has 2 N–H and O–H groups in total. The van der Waals surface area contributed by atoms with Crippen molar-refractivity contribution in [3.05, 3.63) is 83.9 Å². The first-order chi connectivity index (χ1) is 17.7. The van der Waals surface area contributed by atoms with Crippen LogP contribution < -0.4 is 14.2 Å². The molecule has 8 nitrogen and oxygen atoms in total. The van der Waals surface area contributed by atoms with Crippen LogP contribution in [0.1, 0.15) is 29.3 Å². The molecule has 4 aromatic rings. The molecular weight excluding hydrogens is 515 g/mol. The number of amides is 1. The molecule has 1 heterocycles. The van der Waals surface area contributed by atoms with Crippen molar-refractivity contribution >= 4 is 68.2 Å². The molecule has 0 fully saturated rings. The van der Waals surface area contributed by atoms with Crippen molar-refractivity contribution in [3.8, 4) is 22.8 Å². The zero-order valence-corrected chi connectivity index (χ0v) is 24.4. The number of carbonyl (C=O) groups excluding carboxylic acids is 2. The molecule has 10 heteroatoms. The number of ether oxygens (including phenoxy) is 2. The monoisotopic (exact) mass is 541 g/mol. The standard InChI is InChI=1S/C28H26N2O6S.Na/c1-4-28(32)30-37(33,34)21-12-9-18(10-13-21)25(31)14-11-20-15-22(27(36-3)17-26(20)35-2)24-16-19-7-5-6-8-23(19)29-24;/h5-17,29H,4H2,1-3H3,(H,30,32);. The van der Waals surface area contributed by atoms with E-state index in [1.807, 2.05) is 41.1 Å². The Labute approximate surface area is 243 Å². The SMILES string of the molecule is CCC(=O)NS(=O)(=O)c1ccc(C(=O)C=Cc2cc(-c3cc4ccccc4[nH]3)c(OC)cc2OC)cc1.[Na]. The van der Waals surface area contributed by atoms with Crippen molar-refractivity contribution in [2.24, 2.45) is 0 Å². The number of methoxy groups -OCH3 is 2. The smallest absolute Gasteiger partial charge is 0.264 e. The number of para-hydroxylation sites is 1. The number of carbonyl (C=O) groups is 2. The summed E-state index contributed by atoms with van der Waals surface area (Å²) in [5.41, 5.74) is 3.60. The minimum absolute atomic E-state index is 0. The van der Waals surface area contributed by atoms with Crippen molar-refractivity contribution in [2.45, 2.75) is 18.2 Å². The van der Waals surface area contributed by atoms with Gasteiger partial charge in [-0.05, 0) is 54.6 Å². The summed E-state index contributed by atoms with van der Waals surface area (Å²) in [7, 11) is -0.871. The van der Waals surface area contributed by atoms with Crippen LogP contribution in [0.15, 0.2) is 77.7 Å². The van der Waals surface area contributed by atoms with Gasteiger partial charge in [-0.25, -0.2) is 13.1 Å². The molecule has 1 aromatic heterocycles. The van der Waals surface area contributed by atoms with Gasteiger partial charge in [0.15, 0.2) is 5.78 Å². The van der Waals surface area contributed by atoms with Gasteiger partial charge >= 0.3 is 0 Å². The third kappa shape index (κ3) is 6.36. The second kappa shape index (κ2) is 12.4. The Bertz CT molecular complexity index is 1580. The third-order valence-corrected chi connectivity index (χ3v) is 7.19. The zero-order chi connectivity index (χ0) is 26.6. The van der Waals surface area contributed by atoms with Gasteiger partial charge in [0, 0.05) is 69.6 Å². The Morgan fingerprint density at radius 2 is 1.63 bits per heavy atom. The number of allylic oxidation sites excluding steroid dienone is 1. The van der Waals surface area contributed by atoms with Gasteiger partial charge in [0.25, 0.3) is 10.0 Å². The van der Waals surface area contributed by atoms with Crippen LogP contribution in [-0.4, -0.2) is 68.9 Å². The second-order valence-electron chi connectivity index (χ2n) is 8.17. The minimum Gasteiger partial charge on any atom is -0.496 e. The maximum absolute atomic E-state index is 12.8. The number of nitrogens with one attached hydrogen (secondary N) is 2. The summed E-state index contributed by atoms with van der Waals surface area (Å²) in [6.07, 6.45) is 3.07. The number of ketones is 1. The number of fused-ring (bicyclic) bond motifs is 1. The quantitative estimate of drug-likeness (QED) is 0.182. The van der Waals surface area contributed by atoms with Crippen molar-refractivity contribution in [3.63, 3.8) is 0 Å². The zero-order valence-electron chi connectivity index (χ0n) is 21.6. The van der Waals surface area contributed by atoms with Gasteiger partial charge in [0.1, 0.15) is 11.5 Å². The summed E-state index contributed by atoms with van der Waals surface area (Å²) in [4.78, 5) is 27.6. The summed E-state index contributed by atoms with van der Waals surface area (Å²) < 4.78 is 37.6. The number of aromatic amines is 1. The maximum Gasteiger partial charge on any atom is 0.264 e. The van der Waals surface area contributed by atoms with E-state index in [0.717, 1.165) is 22.2 Å². The van der Waals surface area contributed by atoms with Gasteiger partial charge < -0.3 is 14.5 Å². The van der Waals surface area contributed by atoms with Crippen molar-refractivity contribution in [1.82, 2.24) is 9.71 Å². The Hall–Kier alpha value is -3.37. The van der Waals surface area contributed by atoms with E-state index in [1.165, 1.54) is 37.5 Å². The number of sulfonamides is 1. The Balaban J connectivity index is 0.00000400. The number of benzene rings is 3. The number of H-pyrrole nitrogens is 1. The van der Waals surface area contributed by atoms with Gasteiger partial charge in [0.2, 0.25) is 5.91 Å². The fourth-order valence-corrected chi connectivity index (χ4v) is 4.88. The molecule has 38 heavy (non-hydrogen) atoms. The van der Waals surface area contributed by atoms with Crippen LogP contribution in [-0.2, 0) is 14.8 Å². The van der Waals surface area contributed by atoms with E-state index in [0.29, 0.717) is 22.6 Å². The molecule has 0 atom stereocenters. The Morgan fingerprint density at radius 3 is 2.26 bits per heavy atom. The van der Waals surface area contributed by atoms with Crippen LogP contribution in [0.4, 0.5) is 0 Å². The normalized spacial score (nSPS) is 11.2. The summed E-state index contributed by atoms with van der Waals surface area (Å²) in [5, 5.41) is 1.06. The van der Waals surface area contributed by atoms with E-state index in [2.05, 4.69) is 4.98 Å². The molecule has 1 radical (unpaired) electrons. The second-order valence-corrected chi connectivity index (χ2v) is 9.85. The largest absolute Gasteiger partial charge is 0.496 e. The molecule has 0 spiro atoms. The van der Waals surface area contributed by atoms with Gasteiger partial charge in [-0.15, -0.1) is 0 Å². The Morgan fingerprint density at radius 1 is 0.947 bits per heavy atom. The summed E-state index contributed by atoms with van der Waals surface area (Å²) in [6.45, 7) is 1.56. The molecule has 0 unspecified atom stereocenters. The summed E-state index contributed by atoms with van der Waals surface area (Å²) in [6, 6.07) is 19.0. The Kier molecular flexibility index (Phi) is 9.56. The van der Waals surface area contributed by atoms with Crippen LogP contribution >= 0.6 is 0 Å². The predicted octanol–water partition coefficient (Wildman–Crippen LogP) is 4.58. The molecular formula is C28H26N2NaO6S. The van der Waals surface area contributed by atoms with Gasteiger partial charge in [-0.2, -0.15) is 0 Å². The number of aromatic nitrogens is 1. The maximum atomic E-state index is 12.8. The molecule has 0 aliphatic heterocycles. The average molecular weight is 542 g/mol. The van der Waals surface area contributed by atoms with Crippen molar-refractivity contribution in [2.75, 3.05) is 14.2 Å². The van der Waals surface area contributed by atoms with Crippen molar-refractivity contribution < 1.29 is 27.5 Å². The van der Waals surface area contributed by atoms with E-state index in [4.69, 9.17) is 9.47 Å². The van der Waals surface area contributed by atoms with E-state index in [9.17, 15) is 18.0 Å². The molecule has 3 aromatic carbocycles. The molecule has 4 rings (SSSR count). The summed E-state index contributed by atoms with van der Waals surface area (Å²) in [5.74, 6) is 0.197. The molecule has 191 valence electrons. The van der Waals surface area contributed by atoms with Crippen molar-refractivity contribution in [1.29, 1.82) is 0 Å². The van der Waals surface area contributed by atoms with E-state index in [-0.39, 0.29) is 46.7 Å². The number of hydrogen-bond donors (Lipinski definition) is 2. The van der Waals surface area contributed by atoms with Crippen LogP contribution in [0.2, 0.25) is 0 Å². The first-order valence-corrected chi connectivity index (χ1v) is 13.0. The van der Waals surface area contributed by atoms with Gasteiger partial charge in [-0.3, -0.25) is 9.59 Å². The van der Waals surface area contributed by atoms with Gasteiger partial charge in [-0.1, -0.05) is 25.1 Å². The fourth-order valence-electron chi connectivity index (χ4n) is 3.82.